The van der Waals surface area contributed by atoms with E-state index < -0.39 is 0 Å². The smallest absolute Gasteiger partial charge is 0.204 e. The third-order valence-electron chi connectivity index (χ3n) is 7.89. The highest BCUT2D eigenvalue weighted by Crippen LogP contribution is 2.27. The molecule has 0 radical (unpaired) electrons. The Bertz CT molecular complexity index is 1310. The molecular formula is C35H46FN7O. The number of ether oxygens (including phenoxy) is 1. The van der Waals surface area contributed by atoms with Crippen LogP contribution in [0, 0.1) is 17.3 Å². The summed E-state index contributed by atoms with van der Waals surface area (Å²) in [5.74, 6) is 1.25. The molecule has 2 heterocycles. The quantitative estimate of drug-likeness (QED) is 0.0735. The van der Waals surface area contributed by atoms with E-state index in [1.807, 2.05) is 42.6 Å². The van der Waals surface area contributed by atoms with Crippen molar-refractivity contribution in [3.63, 3.8) is 0 Å². The SMILES string of the molecule is CN(CCCN/C(=N/CCCOc1cccc(CN2CCCCC2)c1)NC#N)CCC(c1ccc(F)cc1)c1ccccn1. The summed E-state index contributed by atoms with van der Waals surface area (Å²) in [6.45, 7) is 6.92. The highest BCUT2D eigenvalue weighted by Gasteiger charge is 2.16. The van der Waals surface area contributed by atoms with Crippen LogP contribution >= 0.6 is 0 Å². The minimum absolute atomic E-state index is 0.100. The van der Waals surface area contributed by atoms with Crippen LogP contribution in [0.1, 0.15) is 61.3 Å². The number of aliphatic imine (C=N–C) groups is 1. The number of halogens is 1. The number of nitrogens with zero attached hydrogens (tertiary/aromatic N) is 5. The summed E-state index contributed by atoms with van der Waals surface area (Å²) in [4.78, 5) is 13.9. The summed E-state index contributed by atoms with van der Waals surface area (Å²) in [6.07, 6.45) is 10.2. The van der Waals surface area contributed by atoms with Crippen molar-refractivity contribution in [2.45, 2.75) is 51.0 Å². The standard InChI is InChI=1S/C35H46FN7O/c1-42(24-17-33(34-12-3-4-18-38-34)30-13-15-31(36)16-14-30)21-8-19-39-35(41-28-37)40-20-9-25-44-32-11-7-10-29(26-32)27-43-22-5-2-6-23-43/h3-4,7,10-16,18,26,33H,2,5-6,8-9,17,19-25,27H2,1H3,(H2,39,40,41). The van der Waals surface area contributed by atoms with E-state index in [2.05, 4.69) is 55.7 Å². The number of nitrogens with one attached hydrogen (secondary N) is 2. The van der Waals surface area contributed by atoms with Crippen molar-refractivity contribution >= 4 is 5.96 Å². The molecule has 1 unspecified atom stereocenters. The summed E-state index contributed by atoms with van der Waals surface area (Å²) in [6, 6.07) is 21.0. The maximum absolute atomic E-state index is 13.5. The van der Waals surface area contributed by atoms with Gasteiger partial charge in [-0.3, -0.25) is 20.2 Å². The normalized spacial score (nSPS) is 14.6. The Labute approximate surface area is 262 Å². The van der Waals surface area contributed by atoms with Crippen molar-refractivity contribution in [1.29, 1.82) is 5.26 Å². The van der Waals surface area contributed by atoms with Crippen LogP contribution in [0.4, 0.5) is 4.39 Å². The van der Waals surface area contributed by atoms with Gasteiger partial charge in [-0.05, 0) is 106 Å². The van der Waals surface area contributed by atoms with Gasteiger partial charge in [0, 0.05) is 43.9 Å². The second-order valence-corrected chi connectivity index (χ2v) is 11.4. The van der Waals surface area contributed by atoms with Gasteiger partial charge in [0.15, 0.2) is 6.19 Å². The van der Waals surface area contributed by atoms with E-state index in [9.17, 15) is 4.39 Å². The molecular weight excluding hydrogens is 553 g/mol. The monoisotopic (exact) mass is 599 g/mol. The van der Waals surface area contributed by atoms with Crippen LogP contribution in [0.5, 0.6) is 5.75 Å². The van der Waals surface area contributed by atoms with Crippen LogP contribution in [-0.4, -0.2) is 73.7 Å². The maximum atomic E-state index is 13.5. The van der Waals surface area contributed by atoms with Crippen LogP contribution in [0.15, 0.2) is 77.9 Å². The first-order chi connectivity index (χ1) is 21.6. The fraction of sp³-hybridized carbons (Fsp3) is 0.457. The Balaban J connectivity index is 1.14. The molecule has 9 heteroatoms. The molecule has 0 saturated carbocycles. The van der Waals surface area contributed by atoms with Gasteiger partial charge in [-0.2, -0.15) is 5.26 Å². The molecule has 1 aromatic heterocycles. The molecule has 1 atom stereocenters. The lowest BCUT2D eigenvalue weighted by atomic mass is 9.91. The number of piperidine rings is 1. The molecule has 0 spiro atoms. The molecule has 8 nitrogen and oxygen atoms in total. The first-order valence-electron chi connectivity index (χ1n) is 15.8. The molecule has 1 saturated heterocycles. The van der Waals surface area contributed by atoms with Gasteiger partial charge in [0.25, 0.3) is 0 Å². The fourth-order valence-corrected chi connectivity index (χ4v) is 5.53. The molecule has 0 amide bonds. The lowest BCUT2D eigenvalue weighted by Gasteiger charge is -2.26. The van der Waals surface area contributed by atoms with Crippen molar-refractivity contribution in [3.05, 3.63) is 95.6 Å². The zero-order valence-electron chi connectivity index (χ0n) is 25.9. The van der Waals surface area contributed by atoms with Gasteiger partial charge in [-0.25, -0.2) is 4.39 Å². The molecule has 0 aliphatic carbocycles. The topological polar surface area (TPSA) is 88.8 Å². The van der Waals surface area contributed by atoms with Gasteiger partial charge in [-0.1, -0.05) is 36.8 Å². The van der Waals surface area contributed by atoms with Crippen molar-refractivity contribution in [3.8, 4) is 11.9 Å². The number of guanidine groups is 1. The molecule has 1 aliphatic rings. The van der Waals surface area contributed by atoms with E-state index in [-0.39, 0.29) is 11.7 Å². The molecule has 1 aliphatic heterocycles. The Kier molecular flexibility index (Phi) is 13.9. The van der Waals surface area contributed by atoms with E-state index in [1.54, 1.807) is 6.20 Å². The number of nitriles is 1. The highest BCUT2D eigenvalue weighted by molar-refractivity contribution is 5.81. The summed E-state index contributed by atoms with van der Waals surface area (Å²) in [7, 11) is 2.10. The van der Waals surface area contributed by atoms with E-state index in [4.69, 9.17) is 10.00 Å². The second-order valence-electron chi connectivity index (χ2n) is 11.4. The molecule has 1 fully saturated rings. The number of aromatic nitrogens is 1. The van der Waals surface area contributed by atoms with Crippen LogP contribution in [0.25, 0.3) is 0 Å². The van der Waals surface area contributed by atoms with E-state index in [0.717, 1.165) is 55.9 Å². The van der Waals surface area contributed by atoms with Crippen LogP contribution in [0.3, 0.4) is 0 Å². The average molecular weight is 600 g/mol. The van der Waals surface area contributed by atoms with Gasteiger partial charge in [0.1, 0.15) is 11.6 Å². The van der Waals surface area contributed by atoms with E-state index in [0.29, 0.717) is 25.7 Å². The first-order valence-corrected chi connectivity index (χ1v) is 15.8. The lowest BCUT2D eigenvalue weighted by molar-refractivity contribution is 0.220. The van der Waals surface area contributed by atoms with Gasteiger partial charge in [0.2, 0.25) is 5.96 Å². The van der Waals surface area contributed by atoms with Crippen LogP contribution < -0.4 is 15.4 Å². The maximum Gasteiger partial charge on any atom is 0.204 e. The lowest BCUT2D eigenvalue weighted by Crippen LogP contribution is -2.36. The summed E-state index contributed by atoms with van der Waals surface area (Å²) in [5, 5.41) is 15.1. The minimum Gasteiger partial charge on any atom is -0.494 e. The predicted molar refractivity (Wildman–Crippen MR) is 174 cm³/mol. The van der Waals surface area contributed by atoms with E-state index >= 15 is 0 Å². The predicted octanol–water partition coefficient (Wildman–Crippen LogP) is 5.54. The zero-order chi connectivity index (χ0) is 30.8. The summed E-state index contributed by atoms with van der Waals surface area (Å²) in [5.41, 5.74) is 3.35. The number of hydrogen-bond donors (Lipinski definition) is 2. The Morgan fingerprint density at radius 3 is 2.68 bits per heavy atom. The first kappa shape index (κ1) is 32.9. The number of pyridine rings is 1. The highest BCUT2D eigenvalue weighted by atomic mass is 19.1. The molecule has 44 heavy (non-hydrogen) atoms. The zero-order valence-corrected chi connectivity index (χ0v) is 25.9. The van der Waals surface area contributed by atoms with Crippen LogP contribution in [-0.2, 0) is 6.54 Å². The van der Waals surface area contributed by atoms with E-state index in [1.165, 1.54) is 50.0 Å². The van der Waals surface area contributed by atoms with Gasteiger partial charge in [0.05, 0.1) is 6.61 Å². The Morgan fingerprint density at radius 1 is 1.07 bits per heavy atom. The third-order valence-corrected chi connectivity index (χ3v) is 7.89. The molecule has 2 aromatic carbocycles. The molecule has 2 N–H and O–H groups in total. The van der Waals surface area contributed by atoms with Gasteiger partial charge < -0.3 is 15.0 Å². The fourth-order valence-electron chi connectivity index (χ4n) is 5.53. The van der Waals surface area contributed by atoms with Crippen molar-refractivity contribution in [2.24, 2.45) is 4.99 Å². The molecule has 234 valence electrons. The van der Waals surface area contributed by atoms with Crippen LogP contribution in [0.2, 0.25) is 0 Å². The summed E-state index contributed by atoms with van der Waals surface area (Å²) >= 11 is 0. The number of likely N-dealkylation sites (tertiary alicyclic amines) is 1. The largest absolute Gasteiger partial charge is 0.494 e. The second kappa shape index (κ2) is 18.6. The van der Waals surface area contributed by atoms with Gasteiger partial charge in [-0.15, -0.1) is 0 Å². The Morgan fingerprint density at radius 2 is 1.91 bits per heavy atom. The minimum atomic E-state index is -0.232. The van der Waals surface area contributed by atoms with Gasteiger partial charge >= 0.3 is 0 Å². The number of rotatable bonds is 16. The molecule has 0 bridgehead atoms. The van der Waals surface area contributed by atoms with Crippen molar-refractivity contribution in [2.75, 3.05) is 52.9 Å². The number of hydrogen-bond acceptors (Lipinski definition) is 6. The summed E-state index contributed by atoms with van der Waals surface area (Å²) < 4.78 is 19.5. The number of benzene rings is 2. The average Bonchev–Trinajstić information content (AvgIpc) is 3.05. The third kappa shape index (κ3) is 11.6. The molecule has 4 rings (SSSR count). The van der Waals surface area contributed by atoms with Crippen molar-refractivity contribution < 1.29 is 9.13 Å². The molecule has 3 aromatic rings. The van der Waals surface area contributed by atoms with Crippen molar-refractivity contribution in [1.82, 2.24) is 25.4 Å². The Hall–Kier alpha value is -4.00.